The van der Waals surface area contributed by atoms with Crippen LogP contribution in [0.15, 0.2) is 0 Å². The summed E-state index contributed by atoms with van der Waals surface area (Å²) in [6.07, 6.45) is 7.38. The maximum Gasteiger partial charge on any atom is 0.0774 e. The van der Waals surface area contributed by atoms with Crippen LogP contribution < -0.4 is 0 Å². The Labute approximate surface area is 130 Å². The van der Waals surface area contributed by atoms with E-state index in [4.69, 9.17) is 0 Å². The quantitative estimate of drug-likeness (QED) is 0.865. The number of nitrogens with zero attached hydrogens (tertiary/aromatic N) is 2. The van der Waals surface area contributed by atoms with Crippen molar-refractivity contribution >= 4 is 0 Å². The van der Waals surface area contributed by atoms with Gasteiger partial charge in [0.15, 0.2) is 0 Å². The topological polar surface area (TPSA) is 47.3 Å². The van der Waals surface area contributed by atoms with E-state index >= 15 is 0 Å². The zero-order valence-corrected chi connectivity index (χ0v) is 14.2. The molecule has 0 saturated heterocycles. The van der Waals surface area contributed by atoms with Crippen molar-refractivity contribution in [2.24, 2.45) is 17.3 Å². The Balaban J connectivity index is 2.04. The van der Waals surface area contributed by atoms with Crippen molar-refractivity contribution in [3.05, 3.63) is 0 Å². The highest BCUT2D eigenvalue weighted by atomic mass is 16.3. The van der Waals surface area contributed by atoms with Crippen LogP contribution in [0.3, 0.4) is 0 Å². The fourth-order valence-corrected chi connectivity index (χ4v) is 4.34. The van der Waals surface area contributed by atoms with Crippen molar-refractivity contribution in [2.45, 2.75) is 77.4 Å². The average Bonchev–Trinajstić information content (AvgIpc) is 2.83. The molecule has 3 unspecified atom stereocenters. The Hall–Kier alpha value is -0.590. The van der Waals surface area contributed by atoms with Gasteiger partial charge in [-0.3, -0.25) is 4.90 Å². The lowest BCUT2D eigenvalue weighted by atomic mass is 9.67. The molecule has 0 spiro atoms. The summed E-state index contributed by atoms with van der Waals surface area (Å²) in [6.45, 7) is 7.66. The molecule has 0 radical (unpaired) electrons. The van der Waals surface area contributed by atoms with Gasteiger partial charge in [-0.15, -0.1) is 0 Å². The molecule has 2 aliphatic rings. The second-order valence-corrected chi connectivity index (χ2v) is 8.53. The molecule has 1 N–H and O–H groups in total. The summed E-state index contributed by atoms with van der Waals surface area (Å²) in [6, 6.07) is 2.82. The molecule has 0 aromatic heterocycles. The Morgan fingerprint density at radius 1 is 1.24 bits per heavy atom. The van der Waals surface area contributed by atoms with E-state index in [0.29, 0.717) is 17.4 Å². The first-order valence-electron chi connectivity index (χ1n) is 8.57. The van der Waals surface area contributed by atoms with E-state index in [9.17, 15) is 10.4 Å². The van der Waals surface area contributed by atoms with E-state index in [0.717, 1.165) is 51.5 Å². The third-order valence-electron chi connectivity index (χ3n) is 5.85. The van der Waals surface area contributed by atoms with Gasteiger partial charge in [0.05, 0.1) is 17.6 Å². The molecular formula is C18H32N2O. The SMILES string of the molecule is CN(CC1(O)CCCC1)C1CC(C(C)(C)C)CCC1C#N. The lowest BCUT2D eigenvalue weighted by molar-refractivity contribution is -0.0148. The lowest BCUT2D eigenvalue weighted by Gasteiger charge is -2.44. The van der Waals surface area contributed by atoms with E-state index in [1.807, 2.05) is 0 Å². The normalized spacial score (nSPS) is 33.1. The van der Waals surface area contributed by atoms with Gasteiger partial charge in [-0.1, -0.05) is 33.6 Å². The number of aliphatic hydroxyl groups is 1. The summed E-state index contributed by atoms with van der Waals surface area (Å²) in [5, 5.41) is 20.1. The van der Waals surface area contributed by atoms with Crippen LogP contribution in [0.2, 0.25) is 0 Å². The molecule has 3 heteroatoms. The molecule has 120 valence electrons. The minimum Gasteiger partial charge on any atom is -0.389 e. The number of hydrogen-bond acceptors (Lipinski definition) is 3. The van der Waals surface area contributed by atoms with Crippen LogP contribution in [0.1, 0.15) is 65.7 Å². The van der Waals surface area contributed by atoms with Crippen molar-refractivity contribution in [1.82, 2.24) is 4.90 Å². The molecule has 0 aromatic carbocycles. The highest BCUT2D eigenvalue weighted by molar-refractivity contribution is 5.00. The molecule has 3 atom stereocenters. The number of rotatable bonds is 3. The van der Waals surface area contributed by atoms with Crippen LogP contribution in [0.25, 0.3) is 0 Å². The Morgan fingerprint density at radius 3 is 2.38 bits per heavy atom. The zero-order valence-electron chi connectivity index (χ0n) is 14.2. The van der Waals surface area contributed by atoms with E-state index in [2.05, 4.69) is 38.8 Å². The third kappa shape index (κ3) is 3.99. The maximum absolute atomic E-state index is 10.7. The Kier molecular flexibility index (Phi) is 5.00. The maximum atomic E-state index is 10.7. The van der Waals surface area contributed by atoms with Crippen molar-refractivity contribution in [1.29, 1.82) is 5.26 Å². The van der Waals surface area contributed by atoms with Gasteiger partial charge in [0.25, 0.3) is 0 Å². The minimum absolute atomic E-state index is 0.124. The summed E-state index contributed by atoms with van der Waals surface area (Å²) >= 11 is 0. The first-order chi connectivity index (χ1) is 9.75. The Morgan fingerprint density at radius 2 is 1.86 bits per heavy atom. The van der Waals surface area contributed by atoms with Gasteiger partial charge < -0.3 is 5.11 Å². The first-order valence-corrected chi connectivity index (χ1v) is 8.57. The van der Waals surface area contributed by atoms with Crippen molar-refractivity contribution < 1.29 is 5.11 Å². The lowest BCUT2D eigenvalue weighted by Crippen LogP contribution is -2.49. The third-order valence-corrected chi connectivity index (χ3v) is 5.85. The molecule has 2 aliphatic carbocycles. The molecular weight excluding hydrogens is 260 g/mol. The average molecular weight is 292 g/mol. The minimum atomic E-state index is -0.510. The van der Waals surface area contributed by atoms with Gasteiger partial charge in [-0.25, -0.2) is 0 Å². The molecule has 0 aromatic rings. The van der Waals surface area contributed by atoms with Crippen molar-refractivity contribution in [3.63, 3.8) is 0 Å². The largest absolute Gasteiger partial charge is 0.389 e. The molecule has 0 heterocycles. The van der Waals surface area contributed by atoms with E-state index in [1.54, 1.807) is 0 Å². The van der Waals surface area contributed by atoms with Crippen LogP contribution in [0.4, 0.5) is 0 Å². The predicted molar refractivity (Wildman–Crippen MR) is 85.7 cm³/mol. The molecule has 0 amide bonds. The predicted octanol–water partition coefficient (Wildman–Crippen LogP) is 3.58. The van der Waals surface area contributed by atoms with Gasteiger partial charge >= 0.3 is 0 Å². The first kappa shape index (κ1) is 16.8. The van der Waals surface area contributed by atoms with E-state index in [1.165, 1.54) is 0 Å². The fourth-order valence-electron chi connectivity index (χ4n) is 4.34. The van der Waals surface area contributed by atoms with Crippen molar-refractivity contribution in [2.75, 3.05) is 13.6 Å². The summed E-state index contributed by atoms with van der Waals surface area (Å²) in [7, 11) is 2.11. The molecule has 0 bridgehead atoms. The van der Waals surface area contributed by atoms with Gasteiger partial charge in [0.1, 0.15) is 0 Å². The molecule has 2 saturated carbocycles. The highest BCUT2D eigenvalue weighted by Crippen LogP contribution is 2.42. The van der Waals surface area contributed by atoms with E-state index in [-0.39, 0.29) is 5.92 Å². The number of nitriles is 1. The van der Waals surface area contributed by atoms with Crippen molar-refractivity contribution in [3.8, 4) is 6.07 Å². The smallest absolute Gasteiger partial charge is 0.0774 e. The molecule has 21 heavy (non-hydrogen) atoms. The number of hydrogen-bond donors (Lipinski definition) is 1. The van der Waals surface area contributed by atoms with Crippen LogP contribution in [0.5, 0.6) is 0 Å². The summed E-state index contributed by atoms with van der Waals surface area (Å²) in [5.74, 6) is 0.798. The van der Waals surface area contributed by atoms with Crippen LogP contribution >= 0.6 is 0 Å². The second-order valence-electron chi connectivity index (χ2n) is 8.53. The molecule has 0 aliphatic heterocycles. The standard InChI is InChI=1S/C18H32N2O/c1-17(2,3)15-8-7-14(12-19)16(11-15)20(4)13-18(21)9-5-6-10-18/h14-16,21H,5-11,13H2,1-4H3. The van der Waals surface area contributed by atoms with E-state index < -0.39 is 5.60 Å². The molecule has 2 fully saturated rings. The van der Waals surface area contributed by atoms with Gasteiger partial charge in [0.2, 0.25) is 0 Å². The zero-order chi connectivity index (χ0) is 15.7. The summed E-state index contributed by atoms with van der Waals surface area (Å²) in [4.78, 5) is 2.29. The Bertz CT molecular complexity index is 387. The summed E-state index contributed by atoms with van der Waals surface area (Å²) in [5.41, 5.74) is -0.201. The van der Waals surface area contributed by atoms with Gasteiger partial charge in [-0.05, 0) is 50.5 Å². The fraction of sp³-hybridized carbons (Fsp3) is 0.944. The van der Waals surface area contributed by atoms with Gasteiger partial charge in [0, 0.05) is 12.6 Å². The second kappa shape index (κ2) is 6.26. The molecule has 2 rings (SSSR count). The number of likely N-dealkylation sites (N-methyl/N-ethyl adjacent to an activating group) is 1. The summed E-state index contributed by atoms with van der Waals surface area (Å²) < 4.78 is 0. The van der Waals surface area contributed by atoms with Crippen LogP contribution in [-0.2, 0) is 0 Å². The monoisotopic (exact) mass is 292 g/mol. The van der Waals surface area contributed by atoms with Gasteiger partial charge in [-0.2, -0.15) is 5.26 Å². The van der Waals surface area contributed by atoms with Crippen LogP contribution in [-0.4, -0.2) is 35.2 Å². The highest BCUT2D eigenvalue weighted by Gasteiger charge is 2.40. The molecule has 3 nitrogen and oxygen atoms in total. The van der Waals surface area contributed by atoms with Crippen LogP contribution in [0, 0.1) is 28.6 Å².